The van der Waals surface area contributed by atoms with Gasteiger partial charge in [0.15, 0.2) is 0 Å². The summed E-state index contributed by atoms with van der Waals surface area (Å²) >= 11 is 0. The Kier molecular flexibility index (Phi) is 77.8. The monoisotopic (exact) mass is 1260 g/mol. The predicted molar refractivity (Wildman–Crippen MR) is 398 cm³/mol. The van der Waals surface area contributed by atoms with E-state index in [0.29, 0.717) is 25.9 Å². The summed E-state index contributed by atoms with van der Waals surface area (Å²) in [7, 11) is 0. The Morgan fingerprint density at radius 2 is 0.556 bits per heavy atom. The number of ether oxygens (including phenoxy) is 1. The van der Waals surface area contributed by atoms with E-state index in [-0.39, 0.29) is 18.5 Å². The number of carbonyl (C=O) groups excluding carboxylic acids is 2. The van der Waals surface area contributed by atoms with Gasteiger partial charge < -0.3 is 20.3 Å². The van der Waals surface area contributed by atoms with Gasteiger partial charge in [0.1, 0.15) is 0 Å². The van der Waals surface area contributed by atoms with Crippen LogP contribution >= 0.6 is 0 Å². The van der Waals surface area contributed by atoms with E-state index in [2.05, 4.69) is 55.6 Å². The zero-order chi connectivity index (χ0) is 64.9. The average molecular weight is 1270 g/mol. The van der Waals surface area contributed by atoms with Crippen LogP contribution in [0.2, 0.25) is 0 Å². The number of unbranched alkanes of at least 4 members (excludes halogenated alkanes) is 61. The summed E-state index contributed by atoms with van der Waals surface area (Å²) < 4.78 is 5.50. The maximum absolute atomic E-state index is 12.6. The van der Waals surface area contributed by atoms with Gasteiger partial charge in [0.2, 0.25) is 5.91 Å². The van der Waals surface area contributed by atoms with Crippen molar-refractivity contribution in [1.29, 1.82) is 0 Å². The van der Waals surface area contributed by atoms with Crippen LogP contribution in [-0.2, 0) is 14.3 Å². The van der Waals surface area contributed by atoms with Crippen LogP contribution in [0.15, 0.2) is 36.5 Å². The molecule has 6 nitrogen and oxygen atoms in total. The minimum absolute atomic E-state index is 0.00749. The van der Waals surface area contributed by atoms with Crippen LogP contribution < -0.4 is 5.32 Å². The van der Waals surface area contributed by atoms with Crippen LogP contribution in [0, 0.1) is 0 Å². The van der Waals surface area contributed by atoms with Crippen molar-refractivity contribution in [3.8, 4) is 0 Å². The third-order valence-corrected chi connectivity index (χ3v) is 19.4. The Balaban J connectivity index is 3.35. The molecule has 90 heavy (non-hydrogen) atoms. The van der Waals surface area contributed by atoms with Crippen molar-refractivity contribution in [2.45, 2.75) is 475 Å². The number of rotatable bonds is 78. The number of aliphatic hydroxyl groups is 2. The summed E-state index contributed by atoms with van der Waals surface area (Å²) in [6.07, 6.45) is 104. The highest BCUT2D eigenvalue weighted by Gasteiger charge is 2.20. The Bertz CT molecular complexity index is 1460. The maximum atomic E-state index is 12.6. The maximum Gasteiger partial charge on any atom is 0.305 e. The number of carbonyl (C=O) groups is 2. The molecule has 0 saturated heterocycles. The lowest BCUT2D eigenvalue weighted by atomic mass is 10.0. The van der Waals surface area contributed by atoms with Crippen LogP contribution in [-0.4, -0.2) is 47.4 Å². The van der Waals surface area contributed by atoms with Crippen molar-refractivity contribution >= 4 is 11.9 Å². The average Bonchev–Trinajstić information content (AvgIpc) is 3.60. The van der Waals surface area contributed by atoms with Crippen LogP contribution in [0.3, 0.4) is 0 Å². The van der Waals surface area contributed by atoms with E-state index in [9.17, 15) is 19.8 Å². The third-order valence-electron chi connectivity index (χ3n) is 19.4. The quantitative estimate of drug-likeness (QED) is 0.0320. The van der Waals surface area contributed by atoms with E-state index >= 15 is 0 Å². The number of esters is 1. The lowest BCUT2D eigenvalue weighted by Gasteiger charge is -2.22. The molecule has 0 spiro atoms. The third kappa shape index (κ3) is 75.1. The first kappa shape index (κ1) is 88.1. The largest absolute Gasteiger partial charge is 0.466 e. The Morgan fingerprint density at radius 1 is 0.311 bits per heavy atom. The minimum Gasteiger partial charge on any atom is -0.466 e. The number of aliphatic hydroxyl groups excluding tert-OH is 2. The molecule has 0 aromatic rings. The van der Waals surface area contributed by atoms with E-state index in [4.69, 9.17) is 4.74 Å². The summed E-state index contributed by atoms with van der Waals surface area (Å²) in [5.41, 5.74) is 0. The van der Waals surface area contributed by atoms with E-state index in [0.717, 1.165) is 51.4 Å². The predicted octanol–water partition coefficient (Wildman–Crippen LogP) is 27.4. The standard InChI is InChI=1S/C84H161NO5/c1-3-5-7-9-11-13-15-17-19-21-22-23-39-42-45-48-52-56-60-64-68-72-76-82(87)81(80-86)85-83(88)77-73-69-65-61-57-53-49-46-43-40-37-35-33-31-29-27-25-24-26-28-30-32-34-36-38-41-44-47-51-55-59-63-67-71-75-79-90-84(89)78-74-70-66-62-58-54-50-20-18-16-14-12-10-8-6-4-2/h14,16,20,26,28,50,81-82,86-87H,3-13,15,17-19,21-25,27,29-49,51-80H2,1-2H3,(H,85,88)/b16-14-,28-26-,50-20-. The molecule has 6 heteroatoms. The van der Waals surface area contributed by atoms with Gasteiger partial charge in [0, 0.05) is 12.8 Å². The van der Waals surface area contributed by atoms with Crippen LogP contribution in [0.4, 0.5) is 0 Å². The molecule has 0 aliphatic heterocycles. The van der Waals surface area contributed by atoms with Crippen molar-refractivity contribution in [1.82, 2.24) is 5.32 Å². The molecule has 3 N–H and O–H groups in total. The summed E-state index contributed by atoms with van der Waals surface area (Å²) in [6, 6.07) is -0.540. The smallest absolute Gasteiger partial charge is 0.305 e. The SMILES string of the molecule is CCCCCC/C=C\C/C=C\CCCCCCCC(=O)OCCCCCCCCCCCCCCCC/C=C\CCCCCCCCCCCCCCCCCCCC(=O)NC(CO)C(O)CCCCCCCCCCCCCCCCCCCCCCCC. The van der Waals surface area contributed by atoms with Crippen molar-refractivity contribution in [3.63, 3.8) is 0 Å². The number of hydrogen-bond acceptors (Lipinski definition) is 5. The first-order chi connectivity index (χ1) is 44.5. The number of nitrogens with one attached hydrogen (secondary N) is 1. The molecule has 2 atom stereocenters. The number of allylic oxidation sites excluding steroid dienone is 6. The second-order valence-electron chi connectivity index (χ2n) is 28.5. The second-order valence-corrected chi connectivity index (χ2v) is 28.5. The summed E-state index contributed by atoms with van der Waals surface area (Å²) in [4.78, 5) is 24.7. The molecule has 0 heterocycles. The van der Waals surface area contributed by atoms with E-state index < -0.39 is 12.1 Å². The Morgan fingerprint density at radius 3 is 0.867 bits per heavy atom. The molecule has 0 aromatic heterocycles. The summed E-state index contributed by atoms with van der Waals surface area (Å²) in [6.45, 7) is 4.98. The van der Waals surface area contributed by atoms with Gasteiger partial charge in [-0.2, -0.15) is 0 Å². The Hall–Kier alpha value is -1.92. The van der Waals surface area contributed by atoms with Crippen LogP contribution in [0.5, 0.6) is 0 Å². The van der Waals surface area contributed by atoms with Crippen LogP contribution in [0.25, 0.3) is 0 Å². The van der Waals surface area contributed by atoms with Crippen LogP contribution in [0.1, 0.15) is 463 Å². The highest BCUT2D eigenvalue weighted by molar-refractivity contribution is 5.76. The zero-order valence-electron chi connectivity index (χ0n) is 61.1. The molecule has 1 amide bonds. The highest BCUT2D eigenvalue weighted by Crippen LogP contribution is 2.20. The van der Waals surface area contributed by atoms with Crippen molar-refractivity contribution in [3.05, 3.63) is 36.5 Å². The molecule has 532 valence electrons. The van der Waals surface area contributed by atoms with Crippen molar-refractivity contribution < 1.29 is 24.5 Å². The fourth-order valence-electron chi connectivity index (χ4n) is 13.1. The molecule has 0 rings (SSSR count). The molecule has 0 saturated carbocycles. The molecule has 0 aromatic carbocycles. The van der Waals surface area contributed by atoms with Gasteiger partial charge in [-0.25, -0.2) is 0 Å². The lowest BCUT2D eigenvalue weighted by molar-refractivity contribution is -0.143. The van der Waals surface area contributed by atoms with E-state index in [1.54, 1.807) is 0 Å². The lowest BCUT2D eigenvalue weighted by Crippen LogP contribution is -2.45. The normalized spacial score (nSPS) is 12.6. The van der Waals surface area contributed by atoms with Crippen molar-refractivity contribution in [2.24, 2.45) is 0 Å². The molecular weight excluding hydrogens is 1100 g/mol. The highest BCUT2D eigenvalue weighted by atomic mass is 16.5. The molecule has 0 fully saturated rings. The molecule has 0 aliphatic carbocycles. The Labute approximate surface area is 564 Å². The summed E-state index contributed by atoms with van der Waals surface area (Å²) in [5, 5.41) is 23.5. The fourth-order valence-corrected chi connectivity index (χ4v) is 13.1. The van der Waals surface area contributed by atoms with Gasteiger partial charge in [0.05, 0.1) is 25.4 Å². The summed E-state index contributed by atoms with van der Waals surface area (Å²) in [5.74, 6) is -0.0186. The minimum atomic E-state index is -0.663. The molecule has 0 bridgehead atoms. The molecule has 0 aliphatic rings. The first-order valence-corrected chi connectivity index (χ1v) is 41.2. The zero-order valence-corrected chi connectivity index (χ0v) is 61.1. The molecule has 0 radical (unpaired) electrons. The first-order valence-electron chi connectivity index (χ1n) is 41.2. The van der Waals surface area contributed by atoms with Gasteiger partial charge in [-0.15, -0.1) is 0 Å². The topological polar surface area (TPSA) is 95.9 Å². The van der Waals surface area contributed by atoms with Gasteiger partial charge >= 0.3 is 5.97 Å². The molecule has 2 unspecified atom stereocenters. The van der Waals surface area contributed by atoms with Gasteiger partial charge in [-0.05, 0) is 83.5 Å². The number of amides is 1. The van der Waals surface area contributed by atoms with Gasteiger partial charge in [-0.1, -0.05) is 403 Å². The second kappa shape index (κ2) is 79.5. The molecular formula is C84H161NO5. The van der Waals surface area contributed by atoms with E-state index in [1.807, 2.05) is 0 Å². The van der Waals surface area contributed by atoms with Crippen molar-refractivity contribution in [2.75, 3.05) is 13.2 Å². The fraction of sp³-hybridized carbons (Fsp3) is 0.905. The van der Waals surface area contributed by atoms with E-state index in [1.165, 1.54) is 379 Å². The number of hydrogen-bond donors (Lipinski definition) is 3. The van der Waals surface area contributed by atoms with Gasteiger partial charge in [-0.3, -0.25) is 9.59 Å². The van der Waals surface area contributed by atoms with Gasteiger partial charge in [0.25, 0.3) is 0 Å².